The van der Waals surface area contributed by atoms with Crippen LogP contribution >= 0.6 is 0 Å². The molecule has 1 aliphatic heterocycles. The highest BCUT2D eigenvalue weighted by molar-refractivity contribution is 6.00. The highest BCUT2D eigenvalue weighted by Gasteiger charge is 2.17. The number of amides is 2. The van der Waals surface area contributed by atoms with Gasteiger partial charge in [0, 0.05) is 11.4 Å². The molecular weight excluding hydrogens is 292 g/mol. The van der Waals surface area contributed by atoms with Crippen LogP contribution in [0.5, 0.6) is 5.75 Å². The van der Waals surface area contributed by atoms with Crippen molar-refractivity contribution in [2.45, 2.75) is 19.8 Å². The molecule has 3 rings (SSSR count). The van der Waals surface area contributed by atoms with Gasteiger partial charge in [-0.25, -0.2) is 0 Å². The third kappa shape index (κ3) is 3.69. The average molecular weight is 310 g/mol. The van der Waals surface area contributed by atoms with Gasteiger partial charge in [-0.3, -0.25) is 9.59 Å². The lowest BCUT2D eigenvalue weighted by atomic mass is 10.1. The topological polar surface area (TPSA) is 67.4 Å². The van der Waals surface area contributed by atoms with Crippen molar-refractivity contribution in [1.29, 1.82) is 0 Å². The number of benzene rings is 2. The first-order valence-corrected chi connectivity index (χ1v) is 7.58. The van der Waals surface area contributed by atoms with E-state index in [2.05, 4.69) is 10.6 Å². The molecule has 0 atom stereocenters. The van der Waals surface area contributed by atoms with Gasteiger partial charge in [0.25, 0.3) is 0 Å². The van der Waals surface area contributed by atoms with Crippen LogP contribution in [0.3, 0.4) is 0 Å². The maximum absolute atomic E-state index is 12.1. The summed E-state index contributed by atoms with van der Waals surface area (Å²) in [5, 5.41) is 5.64. The van der Waals surface area contributed by atoms with Crippen molar-refractivity contribution in [3.63, 3.8) is 0 Å². The molecule has 0 aromatic heterocycles. The summed E-state index contributed by atoms with van der Waals surface area (Å²) in [6.45, 7) is 2.55. The zero-order chi connectivity index (χ0) is 16.2. The molecule has 0 radical (unpaired) electrons. The van der Waals surface area contributed by atoms with Crippen molar-refractivity contribution in [1.82, 2.24) is 0 Å². The summed E-state index contributed by atoms with van der Waals surface area (Å²) in [5.41, 5.74) is 3.36. The number of ether oxygens (including phenoxy) is 1. The van der Waals surface area contributed by atoms with Gasteiger partial charge < -0.3 is 15.4 Å². The fourth-order valence-electron chi connectivity index (χ4n) is 2.57. The Balaban J connectivity index is 1.61. The molecule has 0 unspecified atom stereocenters. The Hall–Kier alpha value is -2.82. The zero-order valence-corrected chi connectivity index (χ0v) is 12.9. The van der Waals surface area contributed by atoms with Crippen LogP contribution in [0.15, 0.2) is 42.5 Å². The summed E-state index contributed by atoms with van der Waals surface area (Å²) in [6, 6.07) is 12.9. The monoisotopic (exact) mass is 310 g/mol. The Labute approximate surface area is 134 Å². The van der Waals surface area contributed by atoms with E-state index < -0.39 is 0 Å². The van der Waals surface area contributed by atoms with Crippen LogP contribution in [0.25, 0.3) is 0 Å². The summed E-state index contributed by atoms with van der Waals surface area (Å²) in [4.78, 5) is 23.5. The molecule has 1 heterocycles. The molecule has 5 nitrogen and oxygen atoms in total. The standard InChI is InChI=1S/C18H18N2O3/c1-2-23-15-6-3-12(4-7-15)9-17(21)19-14-5-8-16-13(10-14)11-18(22)20-16/h3-8,10H,2,9,11H2,1H3,(H,19,21)(H,20,22). The Morgan fingerprint density at radius 2 is 2.00 bits per heavy atom. The molecule has 0 bridgehead atoms. The van der Waals surface area contributed by atoms with Crippen molar-refractivity contribution < 1.29 is 14.3 Å². The maximum atomic E-state index is 12.1. The van der Waals surface area contributed by atoms with Crippen LogP contribution in [-0.2, 0) is 22.4 Å². The molecule has 23 heavy (non-hydrogen) atoms. The number of carbonyl (C=O) groups excluding carboxylic acids is 2. The molecule has 2 N–H and O–H groups in total. The van der Waals surface area contributed by atoms with Gasteiger partial charge in [0.15, 0.2) is 0 Å². The van der Waals surface area contributed by atoms with Gasteiger partial charge in [0.05, 0.1) is 19.4 Å². The van der Waals surface area contributed by atoms with Gasteiger partial charge in [-0.15, -0.1) is 0 Å². The summed E-state index contributed by atoms with van der Waals surface area (Å²) >= 11 is 0. The quantitative estimate of drug-likeness (QED) is 0.892. The Bertz CT molecular complexity index is 738. The normalized spacial score (nSPS) is 12.5. The molecule has 1 aliphatic rings. The van der Waals surface area contributed by atoms with Crippen molar-refractivity contribution in [2.24, 2.45) is 0 Å². The SMILES string of the molecule is CCOc1ccc(CC(=O)Nc2ccc3c(c2)CC(=O)N3)cc1. The molecule has 0 aliphatic carbocycles. The Morgan fingerprint density at radius 3 is 2.74 bits per heavy atom. The zero-order valence-electron chi connectivity index (χ0n) is 12.9. The van der Waals surface area contributed by atoms with E-state index in [1.807, 2.05) is 43.3 Å². The molecule has 2 aromatic carbocycles. The van der Waals surface area contributed by atoms with E-state index in [9.17, 15) is 9.59 Å². The summed E-state index contributed by atoms with van der Waals surface area (Å²) < 4.78 is 5.38. The summed E-state index contributed by atoms with van der Waals surface area (Å²) in [6.07, 6.45) is 0.651. The predicted octanol–water partition coefficient (Wildman–Crippen LogP) is 2.76. The second kappa shape index (κ2) is 6.52. The molecule has 5 heteroatoms. The van der Waals surface area contributed by atoms with Crippen LogP contribution in [0.2, 0.25) is 0 Å². The van der Waals surface area contributed by atoms with Gasteiger partial charge in [-0.1, -0.05) is 12.1 Å². The molecular formula is C18H18N2O3. The van der Waals surface area contributed by atoms with E-state index >= 15 is 0 Å². The average Bonchev–Trinajstić information content (AvgIpc) is 2.89. The summed E-state index contributed by atoms with van der Waals surface area (Å²) in [5.74, 6) is 0.691. The summed E-state index contributed by atoms with van der Waals surface area (Å²) in [7, 11) is 0. The van der Waals surface area contributed by atoms with E-state index in [4.69, 9.17) is 4.74 Å². The third-order valence-electron chi connectivity index (χ3n) is 3.61. The molecule has 0 saturated carbocycles. The first kappa shape index (κ1) is 15.1. The Morgan fingerprint density at radius 1 is 1.22 bits per heavy atom. The van der Waals surface area contributed by atoms with Gasteiger partial charge >= 0.3 is 0 Å². The van der Waals surface area contributed by atoms with E-state index in [1.165, 1.54) is 0 Å². The first-order valence-electron chi connectivity index (χ1n) is 7.58. The van der Waals surface area contributed by atoms with Crippen LogP contribution in [-0.4, -0.2) is 18.4 Å². The Kier molecular flexibility index (Phi) is 4.28. The number of fused-ring (bicyclic) bond motifs is 1. The van der Waals surface area contributed by atoms with Crippen LogP contribution < -0.4 is 15.4 Å². The molecule has 2 aromatic rings. The third-order valence-corrected chi connectivity index (χ3v) is 3.61. The van der Waals surface area contributed by atoms with Crippen molar-refractivity contribution >= 4 is 23.2 Å². The predicted molar refractivity (Wildman–Crippen MR) is 88.7 cm³/mol. The molecule has 0 fully saturated rings. The number of carbonyl (C=O) groups is 2. The van der Waals surface area contributed by atoms with E-state index in [1.54, 1.807) is 6.07 Å². The molecule has 0 spiro atoms. The van der Waals surface area contributed by atoms with Crippen molar-refractivity contribution in [2.75, 3.05) is 17.2 Å². The van der Waals surface area contributed by atoms with Crippen LogP contribution in [0.1, 0.15) is 18.1 Å². The van der Waals surface area contributed by atoms with Gasteiger partial charge in [-0.05, 0) is 48.4 Å². The van der Waals surface area contributed by atoms with E-state index in [0.29, 0.717) is 25.1 Å². The molecule has 2 amide bonds. The lowest BCUT2D eigenvalue weighted by molar-refractivity contribution is -0.116. The second-order valence-electron chi connectivity index (χ2n) is 5.40. The number of rotatable bonds is 5. The van der Waals surface area contributed by atoms with Crippen LogP contribution in [0, 0.1) is 0 Å². The van der Waals surface area contributed by atoms with Crippen molar-refractivity contribution in [3.8, 4) is 5.75 Å². The van der Waals surface area contributed by atoms with Gasteiger partial charge in [-0.2, -0.15) is 0 Å². The lowest BCUT2D eigenvalue weighted by Gasteiger charge is -2.08. The van der Waals surface area contributed by atoms with Crippen LogP contribution in [0.4, 0.5) is 11.4 Å². The van der Waals surface area contributed by atoms with E-state index in [-0.39, 0.29) is 11.8 Å². The smallest absolute Gasteiger partial charge is 0.228 e. The minimum atomic E-state index is -0.0913. The number of hydrogen-bond acceptors (Lipinski definition) is 3. The van der Waals surface area contributed by atoms with Gasteiger partial charge in [0.2, 0.25) is 11.8 Å². The number of nitrogens with one attached hydrogen (secondary N) is 2. The fourth-order valence-corrected chi connectivity index (χ4v) is 2.57. The fraction of sp³-hybridized carbons (Fsp3) is 0.222. The lowest BCUT2D eigenvalue weighted by Crippen LogP contribution is -2.14. The molecule has 118 valence electrons. The largest absolute Gasteiger partial charge is 0.494 e. The first-order chi connectivity index (χ1) is 11.1. The van der Waals surface area contributed by atoms with Crippen molar-refractivity contribution in [3.05, 3.63) is 53.6 Å². The minimum Gasteiger partial charge on any atom is -0.494 e. The number of hydrogen-bond donors (Lipinski definition) is 2. The number of anilines is 2. The second-order valence-corrected chi connectivity index (χ2v) is 5.40. The highest BCUT2D eigenvalue weighted by Crippen LogP contribution is 2.26. The minimum absolute atomic E-state index is 0.0159. The molecule has 0 saturated heterocycles. The maximum Gasteiger partial charge on any atom is 0.228 e. The highest BCUT2D eigenvalue weighted by atomic mass is 16.5. The van der Waals surface area contributed by atoms with Gasteiger partial charge in [0.1, 0.15) is 5.75 Å². The van der Waals surface area contributed by atoms with E-state index in [0.717, 1.165) is 22.6 Å².